The topological polar surface area (TPSA) is 9.72 Å². The van der Waals surface area contributed by atoms with Crippen molar-refractivity contribution < 1.29 is 0 Å². The number of hydrogen-bond acceptors (Lipinski definition) is 3. The van der Waals surface area contributed by atoms with Gasteiger partial charge in [-0.1, -0.05) is 97.1 Å². The number of fused-ring (bicyclic) bond motifs is 1. The van der Waals surface area contributed by atoms with Gasteiger partial charge in [-0.05, 0) is 36.0 Å². The maximum Gasteiger partial charge on any atom is 0.0435 e. The minimum atomic E-state index is 0.537. The second-order valence-electron chi connectivity index (χ2n) is 9.46. The first-order chi connectivity index (χ1) is 16.3. The van der Waals surface area contributed by atoms with Crippen LogP contribution in [0.1, 0.15) is 36.0 Å². The lowest BCUT2D eigenvalue weighted by molar-refractivity contribution is -0.225. The molecule has 3 aromatic carbocycles. The van der Waals surface area contributed by atoms with Gasteiger partial charge >= 0.3 is 0 Å². The maximum absolute atomic E-state index is 4.10. The monoisotopic (exact) mass is 437 g/mol. The molecule has 33 heavy (non-hydrogen) atoms. The van der Waals surface area contributed by atoms with Crippen LogP contribution in [-0.2, 0) is 19.6 Å². The lowest BCUT2D eigenvalue weighted by Gasteiger charge is -2.58. The number of likely N-dealkylation sites (tertiary alicyclic amines) is 1. The van der Waals surface area contributed by atoms with Gasteiger partial charge in [0.15, 0.2) is 0 Å². The summed E-state index contributed by atoms with van der Waals surface area (Å²) in [5, 5.41) is 5.29. The molecule has 2 aliphatic rings. The molecule has 0 aliphatic carbocycles. The van der Waals surface area contributed by atoms with Crippen LogP contribution in [0.5, 0.6) is 0 Å². The van der Waals surface area contributed by atoms with E-state index >= 15 is 0 Å². The summed E-state index contributed by atoms with van der Waals surface area (Å²) in [4.78, 5) is 2.71. The van der Waals surface area contributed by atoms with Crippen LogP contribution in [-0.4, -0.2) is 39.6 Å². The molecule has 0 amide bonds. The smallest absolute Gasteiger partial charge is 0.0435 e. The van der Waals surface area contributed by atoms with Gasteiger partial charge in [0.1, 0.15) is 0 Å². The minimum absolute atomic E-state index is 0.537. The predicted molar refractivity (Wildman–Crippen MR) is 136 cm³/mol. The number of benzene rings is 3. The van der Waals surface area contributed by atoms with Crippen LogP contribution in [0.25, 0.3) is 0 Å². The quantitative estimate of drug-likeness (QED) is 0.406. The van der Waals surface area contributed by atoms with E-state index < -0.39 is 0 Å². The van der Waals surface area contributed by atoms with Crippen molar-refractivity contribution in [2.45, 2.75) is 57.0 Å². The SMILES string of the molecule is C=CCC1C[C@@H]2[C@H](CCN1Cc1ccccc1)N(Cc1ccccc1)N2Cc1ccccc1. The Hall–Kier alpha value is -2.72. The van der Waals surface area contributed by atoms with E-state index in [-0.39, 0.29) is 0 Å². The van der Waals surface area contributed by atoms with Gasteiger partial charge in [0.05, 0.1) is 0 Å². The van der Waals surface area contributed by atoms with Gasteiger partial charge < -0.3 is 0 Å². The average molecular weight is 438 g/mol. The second kappa shape index (κ2) is 10.5. The Kier molecular flexibility index (Phi) is 7.01. The molecule has 3 nitrogen and oxygen atoms in total. The molecular weight excluding hydrogens is 402 g/mol. The maximum atomic E-state index is 4.10. The third kappa shape index (κ3) is 5.11. The zero-order chi connectivity index (χ0) is 22.5. The Bertz CT molecular complexity index is 1000. The Morgan fingerprint density at radius 1 is 0.667 bits per heavy atom. The van der Waals surface area contributed by atoms with E-state index in [0.717, 1.165) is 32.6 Å². The van der Waals surface area contributed by atoms with Crippen molar-refractivity contribution in [3.63, 3.8) is 0 Å². The second-order valence-corrected chi connectivity index (χ2v) is 9.46. The van der Waals surface area contributed by atoms with Crippen LogP contribution in [0.2, 0.25) is 0 Å². The van der Waals surface area contributed by atoms with Gasteiger partial charge in [0.2, 0.25) is 0 Å². The highest BCUT2D eigenvalue weighted by molar-refractivity contribution is 5.19. The molecule has 2 aliphatic heterocycles. The summed E-state index contributed by atoms with van der Waals surface area (Å²) < 4.78 is 0. The Labute approximate surface area is 198 Å². The molecule has 2 heterocycles. The molecule has 170 valence electrons. The van der Waals surface area contributed by atoms with E-state index in [2.05, 4.69) is 119 Å². The molecule has 0 radical (unpaired) electrons. The molecule has 0 bridgehead atoms. The first-order valence-electron chi connectivity index (χ1n) is 12.3. The van der Waals surface area contributed by atoms with Crippen LogP contribution < -0.4 is 0 Å². The van der Waals surface area contributed by atoms with Crippen LogP contribution >= 0.6 is 0 Å². The first-order valence-corrected chi connectivity index (χ1v) is 12.3. The Morgan fingerprint density at radius 3 is 1.67 bits per heavy atom. The zero-order valence-electron chi connectivity index (χ0n) is 19.5. The third-order valence-corrected chi connectivity index (χ3v) is 7.32. The summed E-state index contributed by atoms with van der Waals surface area (Å²) in [6.07, 6.45) is 5.57. The summed E-state index contributed by atoms with van der Waals surface area (Å²) in [6.45, 7) is 8.22. The molecule has 2 saturated heterocycles. The normalized spacial score (nSPS) is 23.9. The van der Waals surface area contributed by atoms with Crippen molar-refractivity contribution in [3.05, 3.63) is 120 Å². The van der Waals surface area contributed by atoms with Gasteiger partial charge in [0.25, 0.3) is 0 Å². The number of hydrogen-bond donors (Lipinski definition) is 0. The molecule has 1 unspecified atom stereocenters. The van der Waals surface area contributed by atoms with Crippen molar-refractivity contribution in [2.24, 2.45) is 0 Å². The Morgan fingerprint density at radius 2 is 1.15 bits per heavy atom. The van der Waals surface area contributed by atoms with E-state index in [1.807, 2.05) is 0 Å². The van der Waals surface area contributed by atoms with E-state index in [1.165, 1.54) is 29.5 Å². The highest BCUT2D eigenvalue weighted by atomic mass is 15.7. The van der Waals surface area contributed by atoms with Crippen LogP contribution in [0.15, 0.2) is 104 Å². The van der Waals surface area contributed by atoms with Crippen LogP contribution in [0, 0.1) is 0 Å². The third-order valence-electron chi connectivity index (χ3n) is 7.32. The fourth-order valence-electron chi connectivity index (χ4n) is 5.66. The Balaban J connectivity index is 1.38. The van der Waals surface area contributed by atoms with Gasteiger partial charge in [-0.3, -0.25) is 4.90 Å². The van der Waals surface area contributed by atoms with Gasteiger partial charge in [-0.25, -0.2) is 10.0 Å². The molecule has 0 N–H and O–H groups in total. The van der Waals surface area contributed by atoms with Crippen molar-refractivity contribution in [3.8, 4) is 0 Å². The molecular formula is C30H35N3. The molecule has 0 aromatic heterocycles. The standard InChI is InChI=1S/C30H35N3/c1-2-12-28-21-30-29(19-20-31(28)22-25-13-6-3-7-14-25)32(23-26-15-8-4-9-16-26)33(30)24-27-17-10-5-11-18-27/h2-11,13-18,28-30H,1,12,19-24H2/t28?,29-,30+/m0/s1. The number of hydrazine groups is 1. The fraction of sp³-hybridized carbons (Fsp3) is 0.333. The van der Waals surface area contributed by atoms with Crippen molar-refractivity contribution in [1.29, 1.82) is 0 Å². The molecule has 3 heteroatoms. The van der Waals surface area contributed by atoms with Crippen molar-refractivity contribution in [1.82, 2.24) is 14.9 Å². The van der Waals surface area contributed by atoms with Gasteiger partial charge in [-0.15, -0.1) is 6.58 Å². The van der Waals surface area contributed by atoms with Crippen LogP contribution in [0.3, 0.4) is 0 Å². The molecule has 5 rings (SSSR count). The number of rotatable bonds is 8. The largest absolute Gasteiger partial charge is 0.296 e. The summed E-state index contributed by atoms with van der Waals surface area (Å²) in [7, 11) is 0. The predicted octanol–water partition coefficient (Wildman–Crippen LogP) is 5.90. The van der Waals surface area contributed by atoms with E-state index in [4.69, 9.17) is 0 Å². The van der Waals surface area contributed by atoms with E-state index in [9.17, 15) is 0 Å². The average Bonchev–Trinajstić information content (AvgIpc) is 3.01. The lowest BCUT2D eigenvalue weighted by atomic mass is 9.91. The van der Waals surface area contributed by atoms with Gasteiger partial charge in [0, 0.05) is 44.3 Å². The molecule has 3 aromatic rings. The van der Waals surface area contributed by atoms with E-state index in [0.29, 0.717) is 18.1 Å². The lowest BCUT2D eigenvalue weighted by Crippen LogP contribution is -2.70. The zero-order valence-corrected chi connectivity index (χ0v) is 19.5. The molecule has 0 spiro atoms. The van der Waals surface area contributed by atoms with E-state index in [1.54, 1.807) is 0 Å². The van der Waals surface area contributed by atoms with Crippen molar-refractivity contribution in [2.75, 3.05) is 6.54 Å². The summed E-state index contributed by atoms with van der Waals surface area (Å²) in [5.41, 5.74) is 4.19. The highest BCUT2D eigenvalue weighted by Crippen LogP contribution is 2.39. The van der Waals surface area contributed by atoms with Gasteiger partial charge in [-0.2, -0.15) is 0 Å². The first kappa shape index (κ1) is 22.1. The summed E-state index contributed by atoms with van der Waals surface area (Å²) >= 11 is 0. The fourth-order valence-corrected chi connectivity index (χ4v) is 5.66. The summed E-state index contributed by atoms with van der Waals surface area (Å²) in [5.74, 6) is 0. The molecule has 2 fully saturated rings. The van der Waals surface area contributed by atoms with Crippen LogP contribution in [0.4, 0.5) is 0 Å². The number of nitrogens with zero attached hydrogens (tertiary/aromatic N) is 3. The highest BCUT2D eigenvalue weighted by Gasteiger charge is 2.48. The molecule has 3 atom stereocenters. The minimum Gasteiger partial charge on any atom is -0.296 e. The molecule has 0 saturated carbocycles. The summed E-state index contributed by atoms with van der Waals surface area (Å²) in [6, 6.07) is 34.5. The van der Waals surface area contributed by atoms with Crippen molar-refractivity contribution >= 4 is 0 Å².